The van der Waals surface area contributed by atoms with Gasteiger partial charge in [0, 0.05) is 12.2 Å². The van der Waals surface area contributed by atoms with Gasteiger partial charge in [-0.3, -0.25) is 4.79 Å². The van der Waals surface area contributed by atoms with Crippen LogP contribution >= 0.6 is 0 Å². The highest BCUT2D eigenvalue weighted by molar-refractivity contribution is 5.94. The highest BCUT2D eigenvalue weighted by Crippen LogP contribution is 2.14. The molecule has 5 heteroatoms. The quantitative estimate of drug-likeness (QED) is 0.461. The second-order valence-electron chi connectivity index (χ2n) is 2.42. The Morgan fingerprint density at radius 2 is 2.08 bits per heavy atom. The predicted molar refractivity (Wildman–Crippen MR) is 44.0 cm³/mol. The molecule has 0 spiro atoms. The first-order valence-corrected chi connectivity index (χ1v) is 3.65. The van der Waals surface area contributed by atoms with Crippen molar-refractivity contribution in [3.63, 3.8) is 0 Å². The molecular formula is C8H12O5. The fraction of sp³-hybridized carbons (Fsp3) is 0.500. The third-order valence-corrected chi connectivity index (χ3v) is 1.58. The van der Waals surface area contributed by atoms with Gasteiger partial charge in [0.15, 0.2) is 0 Å². The lowest BCUT2D eigenvalue weighted by molar-refractivity contribution is -0.145. The molecular weight excluding hydrogens is 176 g/mol. The van der Waals surface area contributed by atoms with Crippen LogP contribution in [0.25, 0.3) is 0 Å². The van der Waals surface area contributed by atoms with Gasteiger partial charge in [-0.1, -0.05) is 6.58 Å². The Morgan fingerprint density at radius 3 is 2.38 bits per heavy atom. The molecule has 0 aliphatic rings. The van der Waals surface area contributed by atoms with E-state index in [-0.39, 0.29) is 18.6 Å². The minimum atomic E-state index is -1.19. The van der Waals surface area contributed by atoms with E-state index in [1.54, 1.807) is 0 Å². The number of aliphatic hydroxyl groups excluding tert-OH is 1. The van der Waals surface area contributed by atoms with E-state index in [1.807, 2.05) is 0 Å². The molecule has 0 saturated carbocycles. The van der Waals surface area contributed by atoms with Crippen molar-refractivity contribution in [1.82, 2.24) is 0 Å². The normalized spacial score (nSPS) is 11.8. The Balaban J connectivity index is 4.46. The van der Waals surface area contributed by atoms with Crippen LogP contribution in [-0.4, -0.2) is 35.9 Å². The van der Waals surface area contributed by atoms with Gasteiger partial charge >= 0.3 is 11.9 Å². The van der Waals surface area contributed by atoms with Gasteiger partial charge in [-0.05, 0) is 6.42 Å². The molecule has 0 aliphatic heterocycles. The summed E-state index contributed by atoms with van der Waals surface area (Å²) in [7, 11) is 1.14. The monoisotopic (exact) mass is 188 g/mol. The third-order valence-electron chi connectivity index (χ3n) is 1.58. The minimum Gasteiger partial charge on any atom is -0.481 e. The summed E-state index contributed by atoms with van der Waals surface area (Å²) >= 11 is 0. The van der Waals surface area contributed by atoms with Crippen molar-refractivity contribution in [3.8, 4) is 0 Å². The molecule has 1 atom stereocenters. The largest absolute Gasteiger partial charge is 0.481 e. The smallest absolute Gasteiger partial charge is 0.334 e. The van der Waals surface area contributed by atoms with Gasteiger partial charge in [0.25, 0.3) is 0 Å². The zero-order chi connectivity index (χ0) is 10.4. The Morgan fingerprint density at radius 1 is 1.54 bits per heavy atom. The van der Waals surface area contributed by atoms with Gasteiger partial charge in [0.05, 0.1) is 13.0 Å². The lowest BCUT2D eigenvalue weighted by Crippen LogP contribution is -2.22. The highest BCUT2D eigenvalue weighted by Gasteiger charge is 2.25. The van der Waals surface area contributed by atoms with Gasteiger partial charge in [-0.25, -0.2) is 4.79 Å². The van der Waals surface area contributed by atoms with E-state index in [4.69, 9.17) is 10.2 Å². The Bertz CT molecular complexity index is 221. The van der Waals surface area contributed by atoms with Gasteiger partial charge < -0.3 is 14.9 Å². The number of esters is 1. The fourth-order valence-electron chi connectivity index (χ4n) is 0.849. The van der Waals surface area contributed by atoms with Crippen LogP contribution in [0.5, 0.6) is 0 Å². The van der Waals surface area contributed by atoms with Crippen molar-refractivity contribution in [2.24, 2.45) is 5.92 Å². The summed E-state index contributed by atoms with van der Waals surface area (Å²) < 4.78 is 4.31. The molecule has 0 saturated heterocycles. The topological polar surface area (TPSA) is 83.8 Å². The molecule has 0 heterocycles. The van der Waals surface area contributed by atoms with E-state index in [9.17, 15) is 9.59 Å². The molecule has 74 valence electrons. The van der Waals surface area contributed by atoms with E-state index in [1.165, 1.54) is 0 Å². The molecule has 0 fully saturated rings. The highest BCUT2D eigenvalue weighted by atomic mass is 16.5. The number of carboxylic acids is 1. The molecule has 2 N–H and O–H groups in total. The maximum Gasteiger partial charge on any atom is 0.334 e. The van der Waals surface area contributed by atoms with Gasteiger partial charge in [0.2, 0.25) is 0 Å². The minimum absolute atomic E-state index is 0.0384. The lowest BCUT2D eigenvalue weighted by Gasteiger charge is -2.11. The number of hydrogen-bond donors (Lipinski definition) is 2. The fourth-order valence-corrected chi connectivity index (χ4v) is 0.849. The molecule has 13 heavy (non-hydrogen) atoms. The Hall–Kier alpha value is -1.36. The lowest BCUT2D eigenvalue weighted by atomic mass is 9.97. The average Bonchev–Trinajstić information content (AvgIpc) is 2.11. The van der Waals surface area contributed by atoms with Crippen molar-refractivity contribution < 1.29 is 24.5 Å². The van der Waals surface area contributed by atoms with Crippen LogP contribution in [0.4, 0.5) is 0 Å². The van der Waals surface area contributed by atoms with E-state index < -0.39 is 17.9 Å². The number of methoxy groups -OCH3 is 1. The van der Waals surface area contributed by atoms with Gasteiger partial charge in [-0.15, -0.1) is 0 Å². The molecule has 5 nitrogen and oxygen atoms in total. The van der Waals surface area contributed by atoms with Crippen LogP contribution in [0.3, 0.4) is 0 Å². The molecule has 0 aliphatic carbocycles. The number of hydrogen-bond acceptors (Lipinski definition) is 4. The van der Waals surface area contributed by atoms with Crippen LogP contribution in [0.2, 0.25) is 0 Å². The van der Waals surface area contributed by atoms with E-state index >= 15 is 0 Å². The molecule has 0 bridgehead atoms. The van der Waals surface area contributed by atoms with Crippen LogP contribution in [-0.2, 0) is 14.3 Å². The zero-order valence-corrected chi connectivity index (χ0v) is 7.32. The third kappa shape index (κ3) is 3.25. The van der Waals surface area contributed by atoms with Crippen LogP contribution in [0, 0.1) is 5.92 Å². The SMILES string of the molecule is C=C(C(=O)OC)C(CCO)C(=O)O. The number of aliphatic hydroxyl groups is 1. The summed E-state index contributed by atoms with van der Waals surface area (Å²) in [5.41, 5.74) is -0.149. The molecule has 1 unspecified atom stereocenters. The number of carbonyl (C=O) groups excluding carboxylic acids is 1. The summed E-state index contributed by atoms with van der Waals surface area (Å²) in [5.74, 6) is -3.03. The summed E-state index contributed by atoms with van der Waals surface area (Å²) in [6.07, 6.45) is -0.0384. The average molecular weight is 188 g/mol. The molecule has 0 aromatic carbocycles. The van der Waals surface area contributed by atoms with Crippen molar-refractivity contribution in [3.05, 3.63) is 12.2 Å². The number of rotatable bonds is 5. The molecule has 0 aromatic rings. The summed E-state index contributed by atoms with van der Waals surface area (Å²) in [6, 6.07) is 0. The number of aliphatic carboxylic acids is 1. The predicted octanol–water partition coefficient (Wildman–Crippen LogP) is -0.201. The molecule has 0 amide bonds. The van der Waals surface area contributed by atoms with Gasteiger partial charge in [0.1, 0.15) is 0 Å². The first-order valence-electron chi connectivity index (χ1n) is 3.65. The standard InChI is InChI=1S/C8H12O5/c1-5(8(12)13-2)6(3-4-9)7(10)11/h6,9H,1,3-4H2,2H3,(H,10,11). The maximum absolute atomic E-state index is 10.9. The number of carbonyl (C=O) groups is 2. The zero-order valence-electron chi connectivity index (χ0n) is 7.32. The second kappa shape index (κ2) is 5.31. The molecule has 0 rings (SSSR count). The van der Waals surface area contributed by atoms with Crippen molar-refractivity contribution in [2.45, 2.75) is 6.42 Å². The first-order chi connectivity index (χ1) is 6.04. The van der Waals surface area contributed by atoms with Crippen molar-refractivity contribution in [1.29, 1.82) is 0 Å². The van der Waals surface area contributed by atoms with Crippen LogP contribution < -0.4 is 0 Å². The Kier molecular flexibility index (Phi) is 4.76. The van der Waals surface area contributed by atoms with Crippen LogP contribution in [0.1, 0.15) is 6.42 Å². The van der Waals surface area contributed by atoms with E-state index in [0.717, 1.165) is 7.11 Å². The summed E-state index contributed by atoms with van der Waals surface area (Å²) in [4.78, 5) is 21.4. The summed E-state index contributed by atoms with van der Waals surface area (Å²) in [5, 5.41) is 17.2. The van der Waals surface area contributed by atoms with Crippen LogP contribution in [0.15, 0.2) is 12.2 Å². The molecule has 0 aromatic heterocycles. The van der Waals surface area contributed by atoms with E-state index in [2.05, 4.69) is 11.3 Å². The Labute approximate surface area is 75.6 Å². The van der Waals surface area contributed by atoms with Crippen molar-refractivity contribution in [2.75, 3.05) is 13.7 Å². The summed E-state index contributed by atoms with van der Waals surface area (Å²) in [6.45, 7) is 2.99. The number of ether oxygens (including phenoxy) is 1. The van der Waals surface area contributed by atoms with E-state index in [0.29, 0.717) is 0 Å². The first kappa shape index (κ1) is 11.6. The van der Waals surface area contributed by atoms with Crippen molar-refractivity contribution >= 4 is 11.9 Å². The molecule has 0 radical (unpaired) electrons. The number of carboxylic acid groups (broad SMARTS) is 1. The second-order valence-corrected chi connectivity index (χ2v) is 2.42. The maximum atomic E-state index is 10.9. The van der Waals surface area contributed by atoms with Gasteiger partial charge in [-0.2, -0.15) is 0 Å².